The van der Waals surface area contributed by atoms with E-state index < -0.39 is 0 Å². The smallest absolute Gasteiger partial charge is 0.222 e. The van der Waals surface area contributed by atoms with Gasteiger partial charge in [-0.2, -0.15) is 0 Å². The van der Waals surface area contributed by atoms with Crippen LogP contribution in [0.25, 0.3) is 0 Å². The van der Waals surface area contributed by atoms with Crippen molar-refractivity contribution in [3.63, 3.8) is 0 Å². The number of nitrogens with zero attached hydrogens (tertiary/aromatic N) is 1. The first kappa shape index (κ1) is 9.52. The summed E-state index contributed by atoms with van der Waals surface area (Å²) in [5.41, 5.74) is 0. The Balaban J connectivity index is 2.46. The number of carbonyl (C=O) groups is 1. The lowest BCUT2D eigenvalue weighted by Gasteiger charge is -2.20. The summed E-state index contributed by atoms with van der Waals surface area (Å²) in [7, 11) is 0. The van der Waals surface area contributed by atoms with Crippen molar-refractivity contribution in [2.24, 2.45) is 0 Å². The molecule has 3 heteroatoms. The van der Waals surface area contributed by atoms with Gasteiger partial charge in [0.2, 0.25) is 5.91 Å². The molecule has 1 saturated heterocycles. The average Bonchev–Trinajstić information content (AvgIpc) is 2.30. The molecule has 3 nitrogen and oxygen atoms in total. The number of hydrogen-bond acceptors (Lipinski definition) is 2. The van der Waals surface area contributed by atoms with E-state index >= 15 is 0 Å². The van der Waals surface area contributed by atoms with Crippen molar-refractivity contribution in [2.45, 2.75) is 45.3 Å². The van der Waals surface area contributed by atoms with Gasteiger partial charge in [0, 0.05) is 19.0 Å². The van der Waals surface area contributed by atoms with Gasteiger partial charge in [0.25, 0.3) is 0 Å². The zero-order valence-corrected chi connectivity index (χ0v) is 7.79. The van der Waals surface area contributed by atoms with E-state index in [-0.39, 0.29) is 18.1 Å². The fraction of sp³-hybridized carbons (Fsp3) is 0.889. The number of carbonyl (C=O) groups excluding carboxylic acids is 1. The fourth-order valence-corrected chi connectivity index (χ4v) is 1.71. The van der Waals surface area contributed by atoms with E-state index in [1.807, 2.05) is 13.8 Å². The summed E-state index contributed by atoms with van der Waals surface area (Å²) in [5.74, 6) is 0.182. The number of aliphatic hydroxyl groups is 1. The molecule has 1 aliphatic heterocycles. The number of aliphatic hydroxyl groups excluding tert-OH is 1. The standard InChI is InChI=1S/C9H17NO2/c1-3-4-9(12)10-6-8(11)5-7(10)2/h7-8,11H,3-6H2,1-2H3. The summed E-state index contributed by atoms with van der Waals surface area (Å²) in [5, 5.41) is 9.29. The third-order valence-electron chi connectivity index (χ3n) is 2.34. The number of amides is 1. The maximum absolute atomic E-state index is 11.4. The Labute approximate surface area is 73.4 Å². The molecule has 0 bridgehead atoms. The molecule has 12 heavy (non-hydrogen) atoms. The summed E-state index contributed by atoms with van der Waals surface area (Å²) < 4.78 is 0. The van der Waals surface area contributed by atoms with Gasteiger partial charge in [0.1, 0.15) is 0 Å². The lowest BCUT2D eigenvalue weighted by molar-refractivity contribution is -0.132. The third-order valence-corrected chi connectivity index (χ3v) is 2.34. The minimum absolute atomic E-state index is 0.182. The zero-order valence-electron chi connectivity index (χ0n) is 7.79. The molecule has 0 aromatic carbocycles. The summed E-state index contributed by atoms with van der Waals surface area (Å²) in [6.45, 7) is 4.51. The lowest BCUT2D eigenvalue weighted by atomic mass is 10.2. The molecule has 0 aromatic heterocycles. The van der Waals surface area contributed by atoms with Crippen LogP contribution in [0.2, 0.25) is 0 Å². The topological polar surface area (TPSA) is 40.5 Å². The van der Waals surface area contributed by atoms with Crippen LogP contribution in [0.3, 0.4) is 0 Å². The number of likely N-dealkylation sites (tertiary alicyclic amines) is 1. The molecule has 0 spiro atoms. The second-order valence-corrected chi connectivity index (χ2v) is 3.53. The maximum atomic E-state index is 11.4. The zero-order chi connectivity index (χ0) is 9.14. The van der Waals surface area contributed by atoms with Crippen LogP contribution in [0.1, 0.15) is 33.1 Å². The molecule has 2 unspecified atom stereocenters. The van der Waals surface area contributed by atoms with Crippen molar-refractivity contribution in [3.05, 3.63) is 0 Å². The molecule has 0 saturated carbocycles. The molecule has 1 amide bonds. The molecule has 1 fully saturated rings. The summed E-state index contributed by atoms with van der Waals surface area (Å²) in [6.07, 6.45) is 1.92. The monoisotopic (exact) mass is 171 g/mol. The Morgan fingerprint density at radius 1 is 1.67 bits per heavy atom. The minimum atomic E-state index is -0.305. The molecule has 0 radical (unpaired) electrons. The van der Waals surface area contributed by atoms with Crippen LogP contribution >= 0.6 is 0 Å². The van der Waals surface area contributed by atoms with Gasteiger partial charge in [-0.15, -0.1) is 0 Å². The molecule has 2 atom stereocenters. The SMILES string of the molecule is CCCC(=O)N1CC(O)CC1C. The summed E-state index contributed by atoms with van der Waals surface area (Å²) >= 11 is 0. The van der Waals surface area contributed by atoms with Crippen LogP contribution in [0.15, 0.2) is 0 Å². The minimum Gasteiger partial charge on any atom is -0.391 e. The number of rotatable bonds is 2. The molecule has 0 aliphatic carbocycles. The van der Waals surface area contributed by atoms with Gasteiger partial charge >= 0.3 is 0 Å². The summed E-state index contributed by atoms with van der Waals surface area (Å²) in [4.78, 5) is 13.2. The number of hydrogen-bond donors (Lipinski definition) is 1. The van der Waals surface area contributed by atoms with Crippen molar-refractivity contribution < 1.29 is 9.90 Å². The van der Waals surface area contributed by atoms with Crippen LogP contribution in [0, 0.1) is 0 Å². The van der Waals surface area contributed by atoms with Crippen molar-refractivity contribution >= 4 is 5.91 Å². The van der Waals surface area contributed by atoms with Gasteiger partial charge in [-0.25, -0.2) is 0 Å². The molecule has 0 aromatic rings. The Kier molecular flexibility index (Phi) is 3.09. The molecule has 1 heterocycles. The molecular formula is C9H17NO2. The van der Waals surface area contributed by atoms with E-state index in [2.05, 4.69) is 0 Å². The summed E-state index contributed by atoms with van der Waals surface area (Å²) in [6, 6.07) is 0.221. The van der Waals surface area contributed by atoms with Crippen molar-refractivity contribution in [2.75, 3.05) is 6.54 Å². The van der Waals surface area contributed by atoms with E-state index in [1.54, 1.807) is 4.90 Å². The van der Waals surface area contributed by atoms with Gasteiger partial charge < -0.3 is 10.0 Å². The molecule has 70 valence electrons. The molecular weight excluding hydrogens is 154 g/mol. The first-order valence-electron chi connectivity index (χ1n) is 4.62. The van der Waals surface area contributed by atoms with Crippen LogP contribution in [-0.2, 0) is 4.79 Å². The van der Waals surface area contributed by atoms with Gasteiger partial charge in [-0.05, 0) is 19.8 Å². The van der Waals surface area contributed by atoms with Gasteiger partial charge in [-0.1, -0.05) is 6.92 Å². The van der Waals surface area contributed by atoms with Crippen molar-refractivity contribution in [1.29, 1.82) is 0 Å². The van der Waals surface area contributed by atoms with Crippen LogP contribution in [0.4, 0.5) is 0 Å². The van der Waals surface area contributed by atoms with E-state index in [0.29, 0.717) is 13.0 Å². The highest BCUT2D eigenvalue weighted by Gasteiger charge is 2.30. The van der Waals surface area contributed by atoms with Gasteiger partial charge in [-0.3, -0.25) is 4.79 Å². The fourth-order valence-electron chi connectivity index (χ4n) is 1.71. The predicted octanol–water partition coefficient (Wildman–Crippen LogP) is 0.768. The van der Waals surface area contributed by atoms with Crippen LogP contribution in [-0.4, -0.2) is 34.6 Å². The Hall–Kier alpha value is -0.570. The van der Waals surface area contributed by atoms with E-state index in [1.165, 1.54) is 0 Å². The Morgan fingerprint density at radius 2 is 2.33 bits per heavy atom. The highest BCUT2D eigenvalue weighted by molar-refractivity contribution is 5.76. The van der Waals surface area contributed by atoms with E-state index in [0.717, 1.165) is 12.8 Å². The first-order chi connectivity index (χ1) is 5.65. The second-order valence-electron chi connectivity index (χ2n) is 3.53. The lowest BCUT2D eigenvalue weighted by Crippen LogP contribution is -2.34. The average molecular weight is 171 g/mol. The maximum Gasteiger partial charge on any atom is 0.222 e. The first-order valence-corrected chi connectivity index (χ1v) is 4.62. The van der Waals surface area contributed by atoms with Crippen molar-refractivity contribution in [1.82, 2.24) is 4.90 Å². The van der Waals surface area contributed by atoms with Gasteiger partial charge in [0.15, 0.2) is 0 Å². The quantitative estimate of drug-likeness (QED) is 0.666. The second kappa shape index (κ2) is 3.90. The van der Waals surface area contributed by atoms with Crippen molar-refractivity contribution in [3.8, 4) is 0 Å². The van der Waals surface area contributed by atoms with E-state index in [4.69, 9.17) is 0 Å². The van der Waals surface area contributed by atoms with Gasteiger partial charge in [0.05, 0.1) is 6.10 Å². The Bertz CT molecular complexity index is 170. The highest BCUT2D eigenvalue weighted by atomic mass is 16.3. The Morgan fingerprint density at radius 3 is 2.75 bits per heavy atom. The normalized spacial score (nSPS) is 29.4. The van der Waals surface area contributed by atoms with E-state index in [9.17, 15) is 9.90 Å². The largest absolute Gasteiger partial charge is 0.391 e. The molecule has 1 rings (SSSR count). The molecule has 1 aliphatic rings. The predicted molar refractivity (Wildman–Crippen MR) is 46.7 cm³/mol. The third kappa shape index (κ3) is 1.97. The van der Waals surface area contributed by atoms with Crippen LogP contribution < -0.4 is 0 Å². The van der Waals surface area contributed by atoms with Crippen LogP contribution in [0.5, 0.6) is 0 Å². The number of β-amino-alcohol motifs (C(OH)–C–C–N with tert-alkyl or cyclic N) is 1. The molecule has 1 N–H and O–H groups in total. The highest BCUT2D eigenvalue weighted by Crippen LogP contribution is 2.18.